The molecule has 0 spiro atoms. The number of benzene rings is 2. The van der Waals surface area contributed by atoms with Crippen LogP contribution in [0.4, 0.5) is 4.39 Å². The zero-order valence-corrected chi connectivity index (χ0v) is 12.9. The van der Waals surface area contributed by atoms with Crippen molar-refractivity contribution in [2.45, 2.75) is 39.2 Å². The van der Waals surface area contributed by atoms with E-state index in [2.05, 4.69) is 13.8 Å². The molecule has 2 heteroatoms. The van der Waals surface area contributed by atoms with Gasteiger partial charge in [0.1, 0.15) is 5.82 Å². The van der Waals surface area contributed by atoms with Crippen molar-refractivity contribution in [2.75, 3.05) is 0 Å². The summed E-state index contributed by atoms with van der Waals surface area (Å²) in [5, 5.41) is 1.65. The highest BCUT2D eigenvalue weighted by Gasteiger charge is 2.29. The maximum absolute atomic E-state index is 13.9. The molecular formula is C19H24FN. The van der Waals surface area contributed by atoms with E-state index in [1.54, 1.807) is 6.07 Å². The normalized spacial score (nSPS) is 27.7. The van der Waals surface area contributed by atoms with E-state index in [-0.39, 0.29) is 11.9 Å². The van der Waals surface area contributed by atoms with Crippen LogP contribution in [0.15, 0.2) is 36.4 Å². The van der Waals surface area contributed by atoms with Crippen molar-refractivity contribution in [3.05, 3.63) is 47.8 Å². The summed E-state index contributed by atoms with van der Waals surface area (Å²) in [6.45, 7) is 4.66. The Bertz CT molecular complexity index is 636. The van der Waals surface area contributed by atoms with Crippen LogP contribution >= 0.6 is 0 Å². The summed E-state index contributed by atoms with van der Waals surface area (Å²) in [6, 6.07) is 11.1. The van der Waals surface area contributed by atoms with Crippen molar-refractivity contribution in [2.24, 2.45) is 23.5 Å². The molecule has 1 saturated carbocycles. The lowest BCUT2D eigenvalue weighted by molar-refractivity contribution is 0.186. The van der Waals surface area contributed by atoms with Crippen molar-refractivity contribution >= 4 is 10.8 Å². The van der Waals surface area contributed by atoms with Gasteiger partial charge in [0.15, 0.2) is 0 Å². The smallest absolute Gasteiger partial charge is 0.131 e. The summed E-state index contributed by atoms with van der Waals surface area (Å²) in [6.07, 6.45) is 3.60. The van der Waals surface area contributed by atoms with Crippen molar-refractivity contribution < 1.29 is 4.39 Å². The van der Waals surface area contributed by atoms with Gasteiger partial charge in [-0.1, -0.05) is 50.6 Å². The second-order valence-electron chi connectivity index (χ2n) is 6.74. The lowest BCUT2D eigenvalue weighted by Gasteiger charge is -2.35. The summed E-state index contributed by atoms with van der Waals surface area (Å²) in [4.78, 5) is 0. The van der Waals surface area contributed by atoms with Crippen LogP contribution in [0.5, 0.6) is 0 Å². The number of nitrogens with two attached hydrogens (primary N) is 1. The zero-order chi connectivity index (χ0) is 15.0. The molecule has 21 heavy (non-hydrogen) atoms. The van der Waals surface area contributed by atoms with E-state index in [0.29, 0.717) is 11.3 Å². The molecule has 112 valence electrons. The van der Waals surface area contributed by atoms with Gasteiger partial charge in [0.05, 0.1) is 0 Å². The van der Waals surface area contributed by atoms with Crippen LogP contribution in [0.1, 0.15) is 44.7 Å². The molecule has 2 aromatic carbocycles. The first-order valence-corrected chi connectivity index (χ1v) is 8.00. The Kier molecular flexibility index (Phi) is 3.99. The first-order chi connectivity index (χ1) is 10.1. The number of halogens is 1. The van der Waals surface area contributed by atoms with Gasteiger partial charge in [-0.15, -0.1) is 0 Å². The largest absolute Gasteiger partial charge is 0.324 e. The van der Waals surface area contributed by atoms with E-state index in [1.807, 2.05) is 30.3 Å². The molecule has 2 aromatic rings. The molecule has 4 unspecified atom stereocenters. The van der Waals surface area contributed by atoms with Crippen LogP contribution in [-0.2, 0) is 0 Å². The topological polar surface area (TPSA) is 26.0 Å². The first-order valence-electron chi connectivity index (χ1n) is 8.00. The molecular weight excluding hydrogens is 261 g/mol. The molecule has 1 nitrogen and oxygen atoms in total. The second kappa shape index (κ2) is 5.76. The fourth-order valence-corrected chi connectivity index (χ4v) is 3.75. The van der Waals surface area contributed by atoms with Crippen molar-refractivity contribution in [3.63, 3.8) is 0 Å². The number of fused-ring (bicyclic) bond motifs is 1. The summed E-state index contributed by atoms with van der Waals surface area (Å²) in [7, 11) is 0. The summed E-state index contributed by atoms with van der Waals surface area (Å²) < 4.78 is 13.9. The number of rotatable bonds is 2. The Labute approximate surface area is 126 Å². The number of hydrogen-bond donors (Lipinski definition) is 1. The summed E-state index contributed by atoms with van der Waals surface area (Å²) in [5.41, 5.74) is 7.67. The quantitative estimate of drug-likeness (QED) is 0.821. The van der Waals surface area contributed by atoms with E-state index in [4.69, 9.17) is 5.73 Å². The minimum Gasteiger partial charge on any atom is -0.324 e. The van der Waals surface area contributed by atoms with Gasteiger partial charge in [0.25, 0.3) is 0 Å². The van der Waals surface area contributed by atoms with Gasteiger partial charge in [-0.2, -0.15) is 0 Å². The van der Waals surface area contributed by atoms with Crippen molar-refractivity contribution in [1.82, 2.24) is 0 Å². The fraction of sp³-hybridized carbons (Fsp3) is 0.474. The summed E-state index contributed by atoms with van der Waals surface area (Å²) in [5.74, 6) is 1.86. The van der Waals surface area contributed by atoms with E-state index in [1.165, 1.54) is 19.3 Å². The average molecular weight is 285 g/mol. The van der Waals surface area contributed by atoms with Crippen LogP contribution in [-0.4, -0.2) is 0 Å². The molecule has 1 aliphatic carbocycles. The minimum atomic E-state index is -0.160. The van der Waals surface area contributed by atoms with Crippen molar-refractivity contribution in [1.29, 1.82) is 0 Å². The first kappa shape index (κ1) is 14.5. The van der Waals surface area contributed by atoms with Crippen LogP contribution in [0.3, 0.4) is 0 Å². The Morgan fingerprint density at radius 2 is 1.71 bits per heavy atom. The highest BCUT2D eigenvalue weighted by Crippen LogP contribution is 2.40. The van der Waals surface area contributed by atoms with Crippen LogP contribution < -0.4 is 5.73 Å². The maximum Gasteiger partial charge on any atom is 0.131 e. The molecule has 4 atom stereocenters. The minimum absolute atomic E-state index is 0.00505. The molecule has 0 heterocycles. The van der Waals surface area contributed by atoms with Gasteiger partial charge >= 0.3 is 0 Å². The number of hydrogen-bond acceptors (Lipinski definition) is 1. The molecule has 3 rings (SSSR count). The Balaban J connectivity index is 1.95. The lowest BCUT2D eigenvalue weighted by atomic mass is 9.72. The molecule has 0 radical (unpaired) electrons. The third-order valence-corrected chi connectivity index (χ3v) is 5.41. The van der Waals surface area contributed by atoms with E-state index in [0.717, 1.165) is 22.8 Å². The van der Waals surface area contributed by atoms with Crippen LogP contribution in [0, 0.1) is 23.6 Å². The van der Waals surface area contributed by atoms with Crippen molar-refractivity contribution in [3.8, 4) is 0 Å². The van der Waals surface area contributed by atoms with E-state index >= 15 is 0 Å². The van der Waals surface area contributed by atoms with E-state index < -0.39 is 0 Å². The molecule has 0 amide bonds. The maximum atomic E-state index is 13.9. The Morgan fingerprint density at radius 1 is 1.00 bits per heavy atom. The predicted molar refractivity (Wildman–Crippen MR) is 86.5 cm³/mol. The van der Waals surface area contributed by atoms with Gasteiger partial charge in [0.2, 0.25) is 0 Å². The highest BCUT2D eigenvalue weighted by molar-refractivity contribution is 5.86. The monoisotopic (exact) mass is 285 g/mol. The molecule has 2 N–H and O–H groups in total. The molecule has 0 aromatic heterocycles. The van der Waals surface area contributed by atoms with Gasteiger partial charge in [-0.3, -0.25) is 0 Å². The Morgan fingerprint density at radius 3 is 2.43 bits per heavy atom. The van der Waals surface area contributed by atoms with Crippen LogP contribution in [0.25, 0.3) is 10.8 Å². The summed E-state index contributed by atoms with van der Waals surface area (Å²) >= 11 is 0. The highest BCUT2D eigenvalue weighted by atomic mass is 19.1. The molecule has 1 aliphatic rings. The third-order valence-electron chi connectivity index (χ3n) is 5.41. The molecule has 0 bridgehead atoms. The Hall–Kier alpha value is -1.41. The van der Waals surface area contributed by atoms with Gasteiger partial charge in [-0.05, 0) is 47.6 Å². The van der Waals surface area contributed by atoms with Gasteiger partial charge < -0.3 is 5.73 Å². The molecule has 0 aliphatic heterocycles. The van der Waals surface area contributed by atoms with Crippen LogP contribution in [0.2, 0.25) is 0 Å². The lowest BCUT2D eigenvalue weighted by Crippen LogP contribution is -2.29. The zero-order valence-electron chi connectivity index (χ0n) is 12.9. The standard InChI is InChI=1S/C19H24FN/c1-12-7-8-14(11-13(12)2)19(21)17-9-10-18(20)16-6-4-3-5-15(16)17/h3-6,9-10,12-14,19H,7-8,11,21H2,1-2H3. The third kappa shape index (κ3) is 2.69. The van der Waals surface area contributed by atoms with E-state index in [9.17, 15) is 4.39 Å². The van der Waals surface area contributed by atoms with Gasteiger partial charge in [0, 0.05) is 11.4 Å². The molecule has 1 fully saturated rings. The predicted octanol–water partition coefficient (Wildman–Crippen LogP) is 5.05. The van der Waals surface area contributed by atoms with Gasteiger partial charge in [-0.25, -0.2) is 4.39 Å². The second-order valence-corrected chi connectivity index (χ2v) is 6.74. The molecule has 0 saturated heterocycles. The fourth-order valence-electron chi connectivity index (χ4n) is 3.75. The SMILES string of the molecule is CC1CCC(C(N)c2ccc(F)c3ccccc23)CC1C. The average Bonchev–Trinajstić information content (AvgIpc) is 2.50.